The number of benzene rings is 1. The molecule has 0 saturated carbocycles. The Hall–Kier alpha value is -1.62. The predicted molar refractivity (Wildman–Crippen MR) is 69.4 cm³/mol. The molecule has 1 aromatic carbocycles. The average Bonchev–Trinajstić information content (AvgIpc) is 2.83. The largest absolute Gasteiger partial charge is 0.467 e. The zero-order valence-electron chi connectivity index (χ0n) is 11.1. The minimum absolute atomic E-state index is 0.146. The number of methoxy groups -OCH3 is 1. The summed E-state index contributed by atoms with van der Waals surface area (Å²) in [6, 6.07) is 5.29. The van der Waals surface area contributed by atoms with E-state index in [1.54, 1.807) is 12.1 Å². The van der Waals surface area contributed by atoms with Crippen molar-refractivity contribution in [1.29, 1.82) is 0 Å². The van der Waals surface area contributed by atoms with Crippen LogP contribution in [0.3, 0.4) is 0 Å². The van der Waals surface area contributed by atoms with Crippen LogP contribution in [0.25, 0.3) is 0 Å². The Kier molecular flexibility index (Phi) is 4.37. The lowest BCUT2D eigenvalue weighted by Gasteiger charge is -2.23. The van der Waals surface area contributed by atoms with Crippen LogP contribution in [0.1, 0.15) is 19.8 Å². The van der Waals surface area contributed by atoms with E-state index in [1.807, 2.05) is 6.92 Å². The molecule has 3 atom stereocenters. The Balaban J connectivity index is 2.09. The summed E-state index contributed by atoms with van der Waals surface area (Å²) in [5.74, 6) is -0.686. The normalized spacial score (nSPS) is 23.9. The molecule has 1 N–H and O–H groups in total. The van der Waals surface area contributed by atoms with Crippen LogP contribution < -0.4 is 5.32 Å². The number of halogens is 1. The van der Waals surface area contributed by atoms with E-state index in [0.717, 1.165) is 12.8 Å². The maximum absolute atomic E-state index is 12.9. The first-order valence-electron chi connectivity index (χ1n) is 6.35. The van der Waals surface area contributed by atoms with Crippen LogP contribution in [0.2, 0.25) is 0 Å². The summed E-state index contributed by atoms with van der Waals surface area (Å²) in [5, 5.41) is 3.05. The van der Waals surface area contributed by atoms with Gasteiger partial charge in [-0.25, -0.2) is 9.18 Å². The summed E-state index contributed by atoms with van der Waals surface area (Å²) in [7, 11) is 1.35. The highest BCUT2D eigenvalue weighted by Gasteiger charge is 2.35. The standard InChI is InChI=1S/C14H18FNO3/c1-9-3-8-12(19-9)13(14(17)18-2)16-11-6-4-10(15)5-7-11/h4-7,9,12-13,16H,3,8H2,1-2H3. The van der Waals surface area contributed by atoms with Gasteiger partial charge in [0.1, 0.15) is 5.82 Å². The minimum Gasteiger partial charge on any atom is -0.467 e. The van der Waals surface area contributed by atoms with Crippen molar-refractivity contribution in [2.45, 2.75) is 38.0 Å². The van der Waals surface area contributed by atoms with Gasteiger partial charge in [0, 0.05) is 5.69 Å². The number of hydrogen-bond donors (Lipinski definition) is 1. The van der Waals surface area contributed by atoms with E-state index in [9.17, 15) is 9.18 Å². The summed E-state index contributed by atoms with van der Waals surface area (Å²) in [6.07, 6.45) is 1.65. The van der Waals surface area contributed by atoms with Crippen molar-refractivity contribution in [2.75, 3.05) is 12.4 Å². The van der Waals surface area contributed by atoms with Crippen LogP contribution in [-0.4, -0.2) is 31.3 Å². The monoisotopic (exact) mass is 267 g/mol. The number of carbonyl (C=O) groups is 1. The van der Waals surface area contributed by atoms with Gasteiger partial charge in [-0.1, -0.05) is 0 Å². The second-order valence-electron chi connectivity index (χ2n) is 4.71. The van der Waals surface area contributed by atoms with Crippen molar-refractivity contribution in [3.63, 3.8) is 0 Å². The van der Waals surface area contributed by atoms with E-state index in [-0.39, 0.29) is 24.0 Å². The molecule has 4 nitrogen and oxygen atoms in total. The van der Waals surface area contributed by atoms with E-state index in [2.05, 4.69) is 5.32 Å². The fraction of sp³-hybridized carbons (Fsp3) is 0.500. The maximum atomic E-state index is 12.9. The van der Waals surface area contributed by atoms with Gasteiger partial charge in [-0.2, -0.15) is 0 Å². The smallest absolute Gasteiger partial charge is 0.331 e. The van der Waals surface area contributed by atoms with Crippen molar-refractivity contribution in [2.24, 2.45) is 0 Å². The zero-order valence-corrected chi connectivity index (χ0v) is 11.1. The van der Waals surface area contributed by atoms with Gasteiger partial charge in [0.05, 0.1) is 19.3 Å². The molecule has 0 spiro atoms. The van der Waals surface area contributed by atoms with E-state index in [1.165, 1.54) is 19.2 Å². The van der Waals surface area contributed by atoms with E-state index < -0.39 is 6.04 Å². The molecular formula is C14H18FNO3. The molecule has 104 valence electrons. The van der Waals surface area contributed by atoms with Crippen LogP contribution in [0.4, 0.5) is 10.1 Å². The fourth-order valence-corrected chi connectivity index (χ4v) is 2.23. The second kappa shape index (κ2) is 6.02. The zero-order chi connectivity index (χ0) is 13.8. The molecule has 0 amide bonds. The first-order chi connectivity index (χ1) is 9.10. The third kappa shape index (κ3) is 3.44. The maximum Gasteiger partial charge on any atom is 0.331 e. The van der Waals surface area contributed by atoms with Crippen molar-refractivity contribution in [1.82, 2.24) is 0 Å². The topological polar surface area (TPSA) is 47.6 Å². The molecule has 1 heterocycles. The minimum atomic E-state index is -0.569. The van der Waals surface area contributed by atoms with Gasteiger partial charge in [0.25, 0.3) is 0 Å². The van der Waals surface area contributed by atoms with Gasteiger partial charge in [0.15, 0.2) is 6.04 Å². The van der Waals surface area contributed by atoms with Gasteiger partial charge in [-0.3, -0.25) is 0 Å². The molecule has 0 aliphatic carbocycles. The molecule has 1 saturated heterocycles. The van der Waals surface area contributed by atoms with Gasteiger partial charge in [0.2, 0.25) is 0 Å². The van der Waals surface area contributed by atoms with Crippen LogP contribution in [-0.2, 0) is 14.3 Å². The van der Waals surface area contributed by atoms with Gasteiger partial charge in [-0.15, -0.1) is 0 Å². The number of carbonyl (C=O) groups excluding carboxylic acids is 1. The summed E-state index contributed by atoms with van der Waals surface area (Å²) in [6.45, 7) is 1.98. The van der Waals surface area contributed by atoms with E-state index in [4.69, 9.17) is 9.47 Å². The van der Waals surface area contributed by atoms with Gasteiger partial charge >= 0.3 is 5.97 Å². The molecule has 2 rings (SSSR count). The lowest BCUT2D eigenvalue weighted by molar-refractivity contribution is -0.144. The second-order valence-corrected chi connectivity index (χ2v) is 4.71. The van der Waals surface area contributed by atoms with Crippen LogP contribution >= 0.6 is 0 Å². The summed E-state index contributed by atoms with van der Waals surface area (Å²) < 4.78 is 23.4. The van der Waals surface area contributed by atoms with Crippen molar-refractivity contribution < 1.29 is 18.7 Å². The van der Waals surface area contributed by atoms with Gasteiger partial charge < -0.3 is 14.8 Å². The Bertz CT molecular complexity index is 435. The van der Waals surface area contributed by atoms with E-state index in [0.29, 0.717) is 5.69 Å². The predicted octanol–water partition coefficient (Wildman–Crippen LogP) is 2.35. The molecule has 0 radical (unpaired) electrons. The lowest BCUT2D eigenvalue weighted by atomic mass is 10.1. The SMILES string of the molecule is COC(=O)C(Nc1ccc(F)cc1)C1CCC(C)O1. The third-order valence-corrected chi connectivity index (χ3v) is 3.26. The average molecular weight is 267 g/mol. The lowest BCUT2D eigenvalue weighted by Crippen LogP contribution is -2.41. The molecule has 3 unspecified atom stereocenters. The molecular weight excluding hydrogens is 249 g/mol. The molecule has 1 aromatic rings. The first-order valence-corrected chi connectivity index (χ1v) is 6.35. The molecule has 0 bridgehead atoms. The molecule has 5 heteroatoms. The highest BCUT2D eigenvalue weighted by molar-refractivity contribution is 5.80. The summed E-state index contributed by atoms with van der Waals surface area (Å²) >= 11 is 0. The molecule has 19 heavy (non-hydrogen) atoms. The Morgan fingerprint density at radius 2 is 2.11 bits per heavy atom. The number of anilines is 1. The number of rotatable bonds is 4. The molecule has 1 aliphatic rings. The van der Waals surface area contributed by atoms with Crippen molar-refractivity contribution in [3.05, 3.63) is 30.1 Å². The van der Waals surface area contributed by atoms with Crippen molar-refractivity contribution in [3.8, 4) is 0 Å². The van der Waals surface area contributed by atoms with E-state index >= 15 is 0 Å². The Morgan fingerprint density at radius 3 is 2.63 bits per heavy atom. The summed E-state index contributed by atoms with van der Waals surface area (Å²) in [4.78, 5) is 11.8. The molecule has 1 aliphatic heterocycles. The third-order valence-electron chi connectivity index (χ3n) is 3.26. The quantitative estimate of drug-likeness (QED) is 0.851. The van der Waals surface area contributed by atoms with Crippen molar-refractivity contribution >= 4 is 11.7 Å². The van der Waals surface area contributed by atoms with Gasteiger partial charge in [-0.05, 0) is 44.0 Å². The van der Waals surface area contributed by atoms with Crippen LogP contribution in [0.5, 0.6) is 0 Å². The number of nitrogens with one attached hydrogen (secondary N) is 1. The number of ether oxygens (including phenoxy) is 2. The highest BCUT2D eigenvalue weighted by Crippen LogP contribution is 2.24. The summed E-state index contributed by atoms with van der Waals surface area (Å²) in [5.41, 5.74) is 0.667. The fourth-order valence-electron chi connectivity index (χ4n) is 2.23. The molecule has 0 aromatic heterocycles. The Morgan fingerprint density at radius 1 is 1.42 bits per heavy atom. The number of hydrogen-bond acceptors (Lipinski definition) is 4. The number of esters is 1. The Labute approximate surface area is 111 Å². The molecule has 1 fully saturated rings. The van der Waals surface area contributed by atoms with Crippen LogP contribution in [0, 0.1) is 5.82 Å². The highest BCUT2D eigenvalue weighted by atomic mass is 19.1. The van der Waals surface area contributed by atoms with Crippen LogP contribution in [0.15, 0.2) is 24.3 Å². The first kappa shape index (κ1) is 13.8.